The first-order valence-corrected chi connectivity index (χ1v) is 9.01. The van der Waals surface area contributed by atoms with Gasteiger partial charge in [0.15, 0.2) is 0 Å². The maximum absolute atomic E-state index is 5.66. The number of H-pyrrole nitrogens is 1. The SMILES string of the molecule is CN1Cc2cc(-c3ccc(N)nn3)ccc2C(c2ccc3[nH]ncc3c2)C1. The molecule has 1 atom stereocenters. The number of nitrogens with two attached hydrogens (primary N) is 1. The molecule has 0 saturated heterocycles. The molecule has 0 bridgehead atoms. The molecule has 6 nitrogen and oxygen atoms in total. The maximum atomic E-state index is 5.66. The van der Waals surface area contributed by atoms with E-state index in [9.17, 15) is 0 Å². The van der Waals surface area contributed by atoms with E-state index in [0.29, 0.717) is 11.7 Å². The Hall–Kier alpha value is -3.25. The average Bonchev–Trinajstić information content (AvgIpc) is 3.15. The Morgan fingerprint density at radius 1 is 1.07 bits per heavy atom. The fourth-order valence-corrected chi connectivity index (χ4v) is 3.97. The van der Waals surface area contributed by atoms with Crippen molar-refractivity contribution < 1.29 is 0 Å². The highest BCUT2D eigenvalue weighted by Gasteiger charge is 2.25. The number of aromatic nitrogens is 4. The zero-order valence-corrected chi connectivity index (χ0v) is 15.1. The molecule has 0 spiro atoms. The summed E-state index contributed by atoms with van der Waals surface area (Å²) in [5.74, 6) is 0.774. The Labute approximate surface area is 157 Å². The lowest BCUT2D eigenvalue weighted by Gasteiger charge is -2.33. The van der Waals surface area contributed by atoms with E-state index in [0.717, 1.165) is 35.2 Å². The maximum Gasteiger partial charge on any atom is 0.146 e. The molecule has 2 aromatic heterocycles. The molecule has 0 fully saturated rings. The van der Waals surface area contributed by atoms with Crippen molar-refractivity contribution in [2.24, 2.45) is 0 Å². The van der Waals surface area contributed by atoms with Crippen LogP contribution in [0.5, 0.6) is 0 Å². The van der Waals surface area contributed by atoms with E-state index in [1.54, 1.807) is 6.07 Å². The molecule has 27 heavy (non-hydrogen) atoms. The van der Waals surface area contributed by atoms with Crippen LogP contribution in [0.3, 0.4) is 0 Å². The van der Waals surface area contributed by atoms with Gasteiger partial charge in [-0.3, -0.25) is 5.10 Å². The molecule has 5 rings (SSSR count). The zero-order valence-electron chi connectivity index (χ0n) is 15.1. The Balaban J connectivity index is 1.57. The first-order chi connectivity index (χ1) is 13.2. The molecule has 134 valence electrons. The molecule has 0 saturated carbocycles. The fourth-order valence-electron chi connectivity index (χ4n) is 3.97. The number of nitrogens with one attached hydrogen (secondary N) is 1. The van der Waals surface area contributed by atoms with Gasteiger partial charge in [0, 0.05) is 30.0 Å². The van der Waals surface area contributed by atoms with Crippen molar-refractivity contribution in [1.29, 1.82) is 0 Å². The lowest BCUT2D eigenvalue weighted by Crippen LogP contribution is -2.31. The second kappa shape index (κ2) is 6.17. The molecule has 4 aromatic rings. The third kappa shape index (κ3) is 2.84. The Morgan fingerprint density at radius 3 is 2.85 bits per heavy atom. The molecule has 3 N–H and O–H groups in total. The lowest BCUT2D eigenvalue weighted by molar-refractivity contribution is 0.295. The van der Waals surface area contributed by atoms with Gasteiger partial charge in [-0.2, -0.15) is 5.10 Å². The van der Waals surface area contributed by atoms with Gasteiger partial charge in [-0.1, -0.05) is 18.2 Å². The van der Waals surface area contributed by atoms with Gasteiger partial charge in [-0.05, 0) is 54.1 Å². The molecule has 0 aliphatic carbocycles. The van der Waals surface area contributed by atoms with Gasteiger partial charge >= 0.3 is 0 Å². The molecule has 1 aliphatic heterocycles. The topological polar surface area (TPSA) is 83.7 Å². The number of aromatic amines is 1. The summed E-state index contributed by atoms with van der Waals surface area (Å²) in [6, 6.07) is 16.9. The smallest absolute Gasteiger partial charge is 0.146 e. The number of hydrogen-bond donors (Lipinski definition) is 2. The summed E-state index contributed by atoms with van der Waals surface area (Å²) in [7, 11) is 2.17. The molecule has 2 aromatic carbocycles. The summed E-state index contributed by atoms with van der Waals surface area (Å²) in [5, 5.41) is 16.5. The van der Waals surface area contributed by atoms with Crippen molar-refractivity contribution in [1.82, 2.24) is 25.3 Å². The van der Waals surface area contributed by atoms with Crippen molar-refractivity contribution in [2.75, 3.05) is 19.3 Å². The van der Waals surface area contributed by atoms with Crippen LogP contribution in [0.2, 0.25) is 0 Å². The second-order valence-electron chi connectivity index (χ2n) is 7.22. The van der Waals surface area contributed by atoms with Crippen molar-refractivity contribution in [3.8, 4) is 11.3 Å². The fraction of sp³-hybridized carbons (Fsp3) is 0.190. The van der Waals surface area contributed by atoms with Crippen LogP contribution in [0.4, 0.5) is 5.82 Å². The van der Waals surface area contributed by atoms with Crippen LogP contribution in [-0.4, -0.2) is 38.9 Å². The van der Waals surface area contributed by atoms with Crippen LogP contribution in [0.15, 0.2) is 54.7 Å². The van der Waals surface area contributed by atoms with Crippen LogP contribution in [0.25, 0.3) is 22.2 Å². The van der Waals surface area contributed by atoms with Gasteiger partial charge in [-0.25, -0.2) is 0 Å². The third-order valence-electron chi connectivity index (χ3n) is 5.30. The zero-order chi connectivity index (χ0) is 18.4. The molecule has 0 radical (unpaired) electrons. The summed E-state index contributed by atoms with van der Waals surface area (Å²) in [5.41, 5.74) is 12.7. The number of rotatable bonds is 2. The number of nitrogens with zero attached hydrogens (tertiary/aromatic N) is 4. The van der Waals surface area contributed by atoms with E-state index in [4.69, 9.17) is 5.73 Å². The van der Waals surface area contributed by atoms with Crippen LogP contribution in [0.1, 0.15) is 22.6 Å². The van der Waals surface area contributed by atoms with E-state index in [1.807, 2.05) is 12.3 Å². The monoisotopic (exact) mass is 356 g/mol. The third-order valence-corrected chi connectivity index (χ3v) is 5.30. The van der Waals surface area contributed by atoms with Crippen molar-refractivity contribution in [3.63, 3.8) is 0 Å². The predicted molar refractivity (Wildman–Crippen MR) is 106 cm³/mol. The van der Waals surface area contributed by atoms with Crippen molar-refractivity contribution in [2.45, 2.75) is 12.5 Å². The number of benzene rings is 2. The molecule has 6 heteroatoms. The van der Waals surface area contributed by atoms with E-state index >= 15 is 0 Å². The molecular formula is C21H20N6. The minimum absolute atomic E-state index is 0.338. The van der Waals surface area contributed by atoms with Crippen LogP contribution < -0.4 is 5.73 Å². The van der Waals surface area contributed by atoms with Gasteiger partial charge in [-0.15, -0.1) is 10.2 Å². The largest absolute Gasteiger partial charge is 0.382 e. The number of anilines is 1. The Kier molecular flexibility index (Phi) is 3.65. The van der Waals surface area contributed by atoms with E-state index in [2.05, 4.69) is 68.7 Å². The average molecular weight is 356 g/mol. The summed E-state index contributed by atoms with van der Waals surface area (Å²) >= 11 is 0. The molecular weight excluding hydrogens is 336 g/mol. The van der Waals surface area contributed by atoms with E-state index in [-0.39, 0.29) is 0 Å². The quantitative estimate of drug-likeness (QED) is 0.576. The minimum atomic E-state index is 0.338. The highest BCUT2D eigenvalue weighted by atomic mass is 15.1. The Bertz CT molecular complexity index is 1120. The van der Waals surface area contributed by atoms with Crippen LogP contribution in [-0.2, 0) is 6.54 Å². The van der Waals surface area contributed by atoms with Gasteiger partial charge in [0.25, 0.3) is 0 Å². The summed E-state index contributed by atoms with van der Waals surface area (Å²) in [4.78, 5) is 2.37. The van der Waals surface area contributed by atoms with Gasteiger partial charge in [0.05, 0.1) is 17.4 Å². The first kappa shape index (κ1) is 16.0. The van der Waals surface area contributed by atoms with Crippen LogP contribution >= 0.6 is 0 Å². The standard InChI is InChI=1S/C21H20N6/c1-27-11-16-9-14(19-6-7-21(22)26-25-19)2-4-17(16)18(12-27)13-3-5-20-15(8-13)10-23-24-20/h2-10,18H,11-12H2,1H3,(H2,22,26)(H,23,24). The van der Waals surface area contributed by atoms with E-state index in [1.165, 1.54) is 16.7 Å². The predicted octanol–water partition coefficient (Wildman–Crippen LogP) is 3.18. The highest BCUT2D eigenvalue weighted by Crippen LogP contribution is 2.35. The Morgan fingerprint density at radius 2 is 2.00 bits per heavy atom. The number of likely N-dealkylation sites (N-methyl/N-ethyl adjacent to an activating group) is 1. The molecule has 3 heterocycles. The minimum Gasteiger partial charge on any atom is -0.382 e. The summed E-state index contributed by atoms with van der Waals surface area (Å²) < 4.78 is 0. The normalized spacial score (nSPS) is 17.1. The molecule has 1 aliphatic rings. The second-order valence-corrected chi connectivity index (χ2v) is 7.22. The van der Waals surface area contributed by atoms with Gasteiger partial charge < -0.3 is 10.6 Å². The first-order valence-electron chi connectivity index (χ1n) is 9.01. The van der Waals surface area contributed by atoms with Crippen LogP contribution in [0, 0.1) is 0 Å². The van der Waals surface area contributed by atoms with Gasteiger partial charge in [0.1, 0.15) is 5.82 Å². The van der Waals surface area contributed by atoms with Crippen molar-refractivity contribution >= 4 is 16.7 Å². The summed E-state index contributed by atoms with van der Waals surface area (Å²) in [6.07, 6.45) is 1.88. The summed E-state index contributed by atoms with van der Waals surface area (Å²) in [6.45, 7) is 1.92. The highest BCUT2D eigenvalue weighted by molar-refractivity contribution is 5.79. The number of nitrogen functional groups attached to an aromatic ring is 1. The van der Waals surface area contributed by atoms with E-state index < -0.39 is 0 Å². The number of hydrogen-bond acceptors (Lipinski definition) is 5. The molecule has 0 amide bonds. The van der Waals surface area contributed by atoms with Gasteiger partial charge in [0.2, 0.25) is 0 Å². The van der Waals surface area contributed by atoms with Crippen molar-refractivity contribution in [3.05, 3.63) is 71.4 Å². The lowest BCUT2D eigenvalue weighted by atomic mass is 9.83. The molecule has 1 unspecified atom stereocenters. The number of fused-ring (bicyclic) bond motifs is 2.